The molecule has 1 aromatic rings. The van der Waals surface area contributed by atoms with Gasteiger partial charge in [0, 0.05) is 18.6 Å². The summed E-state index contributed by atoms with van der Waals surface area (Å²) >= 11 is 5.52. The molecule has 0 saturated heterocycles. The minimum absolute atomic E-state index is 0.653. The van der Waals surface area contributed by atoms with Crippen LogP contribution in [0.3, 0.4) is 0 Å². The maximum absolute atomic E-state index is 8.45. The van der Waals surface area contributed by atoms with Gasteiger partial charge in [-0.05, 0) is 6.42 Å². The first-order chi connectivity index (χ1) is 6.88. The standard InChI is InChI=1S/C10H14NS3/c1-2-3-5-9-10(14-8-13-9)12-7-4-6-11/h8H,2-5,7H2,1H3/q+1. The van der Waals surface area contributed by atoms with Crippen molar-refractivity contribution in [1.29, 1.82) is 5.26 Å². The monoisotopic (exact) mass is 244 g/mol. The molecule has 0 aliphatic carbocycles. The Bertz CT molecular complexity index is 301. The van der Waals surface area contributed by atoms with Gasteiger partial charge in [0.15, 0.2) is 9.09 Å². The van der Waals surface area contributed by atoms with Crippen LogP contribution in [0.5, 0.6) is 0 Å². The lowest BCUT2D eigenvalue weighted by Gasteiger charge is -1.93. The number of hydrogen-bond donors (Lipinski definition) is 0. The number of nitrogens with zero attached hydrogens (tertiary/aromatic N) is 1. The van der Waals surface area contributed by atoms with E-state index in [1.807, 2.05) is 34.4 Å². The summed E-state index contributed by atoms with van der Waals surface area (Å²) < 4.78 is 3.62. The summed E-state index contributed by atoms with van der Waals surface area (Å²) in [5.74, 6) is 0.933. The highest BCUT2D eigenvalue weighted by molar-refractivity contribution is 8.01. The second-order valence-electron chi connectivity index (χ2n) is 2.90. The zero-order valence-electron chi connectivity index (χ0n) is 8.28. The van der Waals surface area contributed by atoms with Crippen LogP contribution in [0.4, 0.5) is 0 Å². The van der Waals surface area contributed by atoms with E-state index in [2.05, 4.69) is 17.7 Å². The van der Waals surface area contributed by atoms with Crippen LogP contribution >= 0.6 is 34.4 Å². The second kappa shape index (κ2) is 7.22. The van der Waals surface area contributed by atoms with Gasteiger partial charge >= 0.3 is 0 Å². The molecule has 0 N–H and O–H groups in total. The fourth-order valence-electron chi connectivity index (χ4n) is 1.04. The van der Waals surface area contributed by atoms with E-state index in [-0.39, 0.29) is 0 Å². The van der Waals surface area contributed by atoms with E-state index in [0.29, 0.717) is 6.42 Å². The van der Waals surface area contributed by atoms with Crippen molar-refractivity contribution in [2.75, 3.05) is 5.75 Å². The lowest BCUT2D eigenvalue weighted by atomic mass is 10.2. The number of hydrogen-bond acceptors (Lipinski definition) is 3. The Morgan fingerprint density at radius 1 is 1.64 bits per heavy atom. The van der Waals surface area contributed by atoms with Crippen molar-refractivity contribution < 1.29 is 0 Å². The van der Waals surface area contributed by atoms with Crippen molar-refractivity contribution in [3.8, 4) is 6.07 Å². The average Bonchev–Trinajstić information content (AvgIpc) is 2.63. The van der Waals surface area contributed by atoms with E-state index in [1.54, 1.807) is 0 Å². The molecule has 0 fully saturated rings. The first-order valence-electron chi connectivity index (χ1n) is 4.76. The van der Waals surface area contributed by atoms with Gasteiger partial charge in [0.05, 0.1) is 28.7 Å². The molecule has 0 spiro atoms. The average molecular weight is 244 g/mol. The van der Waals surface area contributed by atoms with E-state index in [0.717, 1.165) is 5.75 Å². The van der Waals surface area contributed by atoms with Crippen molar-refractivity contribution in [3.63, 3.8) is 0 Å². The molecule has 14 heavy (non-hydrogen) atoms. The summed E-state index contributed by atoms with van der Waals surface area (Å²) in [6.07, 6.45) is 4.39. The van der Waals surface area contributed by atoms with Gasteiger partial charge in [-0.3, -0.25) is 0 Å². The molecule has 4 heteroatoms. The van der Waals surface area contributed by atoms with Gasteiger partial charge in [0.2, 0.25) is 4.69 Å². The van der Waals surface area contributed by atoms with Crippen LogP contribution in [-0.4, -0.2) is 5.75 Å². The molecule has 0 aliphatic heterocycles. The van der Waals surface area contributed by atoms with Gasteiger partial charge < -0.3 is 0 Å². The fraction of sp³-hybridized carbons (Fsp3) is 0.600. The Labute approximate surface area is 97.8 Å². The van der Waals surface area contributed by atoms with E-state index < -0.39 is 0 Å². The highest BCUT2D eigenvalue weighted by atomic mass is 32.2. The molecule has 0 radical (unpaired) electrons. The van der Waals surface area contributed by atoms with Gasteiger partial charge in [0.25, 0.3) is 0 Å². The molecule has 1 aromatic heterocycles. The zero-order valence-corrected chi connectivity index (χ0v) is 10.7. The first kappa shape index (κ1) is 12.0. The van der Waals surface area contributed by atoms with Crippen LogP contribution in [0.2, 0.25) is 0 Å². The Morgan fingerprint density at radius 2 is 2.50 bits per heavy atom. The number of aryl methyl sites for hydroxylation is 1. The molecule has 1 rings (SSSR count). The molecule has 76 valence electrons. The largest absolute Gasteiger partial charge is 0.243 e. The molecule has 1 heterocycles. The van der Waals surface area contributed by atoms with Gasteiger partial charge in [-0.1, -0.05) is 25.1 Å². The SMILES string of the molecule is CCCCc1sc[s+]c1SCCC#N. The predicted molar refractivity (Wildman–Crippen MR) is 66.2 cm³/mol. The molecule has 0 atom stereocenters. The number of thioether (sulfide) groups is 1. The lowest BCUT2D eigenvalue weighted by molar-refractivity contribution is 0.798. The Hall–Kier alpha value is -0.110. The zero-order chi connectivity index (χ0) is 10.2. The van der Waals surface area contributed by atoms with Crippen molar-refractivity contribution in [3.05, 3.63) is 9.57 Å². The third-order valence-corrected chi connectivity index (χ3v) is 5.52. The quantitative estimate of drug-likeness (QED) is 0.419. The van der Waals surface area contributed by atoms with Crippen LogP contribution in [0, 0.1) is 11.3 Å². The van der Waals surface area contributed by atoms with Gasteiger partial charge in [-0.25, -0.2) is 0 Å². The third kappa shape index (κ3) is 3.95. The molecule has 0 unspecified atom stereocenters. The Morgan fingerprint density at radius 3 is 3.21 bits per heavy atom. The Balaban J connectivity index is 2.42. The van der Waals surface area contributed by atoms with Crippen LogP contribution in [-0.2, 0) is 6.42 Å². The van der Waals surface area contributed by atoms with Crippen molar-refractivity contribution >= 4 is 34.4 Å². The molecule has 0 bridgehead atoms. The molecular formula is C10H14NS3+. The molecule has 0 amide bonds. The first-order valence-corrected chi connectivity index (χ1v) is 7.51. The number of rotatable bonds is 6. The van der Waals surface area contributed by atoms with Crippen LogP contribution in [0.1, 0.15) is 31.1 Å². The Kier molecular flexibility index (Phi) is 6.17. The van der Waals surface area contributed by atoms with Crippen LogP contribution in [0.15, 0.2) is 8.90 Å². The summed E-state index contributed by atoms with van der Waals surface area (Å²) in [6, 6.07) is 2.18. The highest BCUT2D eigenvalue weighted by Gasteiger charge is 2.15. The fourth-order valence-corrected chi connectivity index (χ4v) is 4.77. The summed E-state index contributed by atoms with van der Waals surface area (Å²) in [5, 5.41) is 8.45. The predicted octanol–water partition coefficient (Wildman–Crippen LogP) is 4.44. The van der Waals surface area contributed by atoms with E-state index in [4.69, 9.17) is 5.26 Å². The molecule has 0 saturated carbocycles. The van der Waals surface area contributed by atoms with E-state index in [1.165, 1.54) is 28.3 Å². The summed E-state index contributed by atoms with van der Waals surface area (Å²) in [6.45, 7) is 2.22. The van der Waals surface area contributed by atoms with Crippen molar-refractivity contribution in [2.24, 2.45) is 0 Å². The maximum atomic E-state index is 8.45. The third-order valence-electron chi connectivity index (χ3n) is 1.78. The lowest BCUT2D eigenvalue weighted by Crippen LogP contribution is -1.82. The van der Waals surface area contributed by atoms with E-state index >= 15 is 0 Å². The minimum Gasteiger partial charge on any atom is -0.198 e. The molecule has 0 aromatic carbocycles. The number of unbranched alkanes of at least 4 members (excludes halogenated alkanes) is 1. The number of nitriles is 1. The van der Waals surface area contributed by atoms with Gasteiger partial charge in [-0.2, -0.15) is 5.26 Å². The second-order valence-corrected chi connectivity index (χ2v) is 6.41. The van der Waals surface area contributed by atoms with Gasteiger partial charge in [0.1, 0.15) is 0 Å². The van der Waals surface area contributed by atoms with Crippen molar-refractivity contribution in [2.45, 2.75) is 36.8 Å². The summed E-state index contributed by atoms with van der Waals surface area (Å²) in [5.41, 5.74) is 0. The molecule has 0 aliphatic rings. The van der Waals surface area contributed by atoms with Crippen molar-refractivity contribution in [1.82, 2.24) is 0 Å². The minimum atomic E-state index is 0.653. The van der Waals surface area contributed by atoms with Gasteiger partial charge in [-0.15, -0.1) is 0 Å². The van der Waals surface area contributed by atoms with E-state index in [9.17, 15) is 0 Å². The topological polar surface area (TPSA) is 23.8 Å². The molecule has 1 nitrogen and oxygen atoms in total. The normalized spacial score (nSPS) is 10.0. The smallest absolute Gasteiger partial charge is 0.198 e. The molecular weight excluding hydrogens is 230 g/mol. The van der Waals surface area contributed by atoms with Crippen LogP contribution in [0.25, 0.3) is 0 Å². The summed E-state index contributed by atoms with van der Waals surface area (Å²) in [4.78, 5) is 1.51. The summed E-state index contributed by atoms with van der Waals surface area (Å²) in [7, 11) is 0. The van der Waals surface area contributed by atoms with Crippen LogP contribution < -0.4 is 0 Å². The highest BCUT2D eigenvalue weighted by Crippen LogP contribution is 2.33. The maximum Gasteiger partial charge on any atom is 0.243 e.